The van der Waals surface area contributed by atoms with E-state index in [1.54, 1.807) is 32.0 Å². The minimum atomic E-state index is -1.22. The number of benzene rings is 1. The summed E-state index contributed by atoms with van der Waals surface area (Å²) in [5.74, 6) is -2.71. The summed E-state index contributed by atoms with van der Waals surface area (Å²) in [7, 11) is 1.62. The highest BCUT2D eigenvalue weighted by molar-refractivity contribution is 5.83. The Kier molecular flexibility index (Phi) is 4.93. The first-order valence-electron chi connectivity index (χ1n) is 5.75. The van der Waals surface area contributed by atoms with E-state index in [2.05, 4.69) is 4.99 Å². The van der Waals surface area contributed by atoms with E-state index >= 15 is 0 Å². The maximum atomic E-state index is 13.7. The minimum absolute atomic E-state index is 0.0143. The monoisotopic (exact) mass is 269 g/mol. The second-order valence-corrected chi connectivity index (χ2v) is 4.06. The summed E-state index contributed by atoms with van der Waals surface area (Å²) >= 11 is 0. The molecule has 0 heterocycles. The van der Waals surface area contributed by atoms with Gasteiger partial charge in [0, 0.05) is 25.1 Å². The highest BCUT2D eigenvalue weighted by Crippen LogP contribution is 2.25. The van der Waals surface area contributed by atoms with E-state index in [0.29, 0.717) is 18.3 Å². The number of hydrogen-bond donors (Lipinski definition) is 0. The highest BCUT2D eigenvalue weighted by atomic mass is 19.2. The van der Waals surface area contributed by atoms with E-state index in [4.69, 9.17) is 5.26 Å². The Morgan fingerprint density at radius 3 is 2.42 bits per heavy atom. The molecule has 1 aromatic rings. The molecule has 1 aromatic carbocycles. The molecule has 0 saturated heterocycles. The van der Waals surface area contributed by atoms with E-state index in [9.17, 15) is 13.2 Å². The van der Waals surface area contributed by atoms with Crippen molar-refractivity contribution in [3.8, 4) is 6.19 Å². The molecule has 1 atom stereocenters. The standard InChI is InChI=1S/C13H14F3N3/c1-4-13(18-7-17)19(3)8(2)9-5-11(15)12(16)6-10(9)14/h5-6,8H,4H2,1-3H3. The van der Waals surface area contributed by atoms with Crippen molar-refractivity contribution in [3.05, 3.63) is 35.1 Å². The van der Waals surface area contributed by atoms with Crippen LogP contribution in [-0.2, 0) is 0 Å². The second kappa shape index (κ2) is 6.23. The average molecular weight is 269 g/mol. The number of hydrogen-bond acceptors (Lipinski definition) is 2. The summed E-state index contributed by atoms with van der Waals surface area (Å²) in [6.45, 7) is 3.42. The first kappa shape index (κ1) is 15.0. The van der Waals surface area contributed by atoms with Gasteiger partial charge in [0.2, 0.25) is 6.19 Å². The number of nitriles is 1. The molecule has 19 heavy (non-hydrogen) atoms. The van der Waals surface area contributed by atoms with Crippen molar-refractivity contribution < 1.29 is 13.2 Å². The molecule has 0 amide bonds. The molecule has 0 saturated carbocycles. The van der Waals surface area contributed by atoms with Crippen LogP contribution in [0.15, 0.2) is 17.1 Å². The summed E-state index contributed by atoms with van der Waals surface area (Å²) in [6.07, 6.45) is 2.13. The lowest BCUT2D eigenvalue weighted by Gasteiger charge is -2.27. The highest BCUT2D eigenvalue weighted by Gasteiger charge is 2.20. The first-order valence-corrected chi connectivity index (χ1v) is 5.75. The Hall–Kier alpha value is -2.03. The van der Waals surface area contributed by atoms with Crippen molar-refractivity contribution in [1.82, 2.24) is 4.90 Å². The van der Waals surface area contributed by atoms with Gasteiger partial charge in [0.25, 0.3) is 0 Å². The molecule has 0 N–H and O–H groups in total. The fraction of sp³-hybridized carbons (Fsp3) is 0.385. The van der Waals surface area contributed by atoms with Crippen molar-refractivity contribution in [3.63, 3.8) is 0 Å². The second-order valence-electron chi connectivity index (χ2n) is 4.06. The third-order valence-electron chi connectivity index (χ3n) is 2.97. The molecule has 102 valence electrons. The van der Waals surface area contributed by atoms with Crippen LogP contribution in [0, 0.1) is 28.9 Å². The van der Waals surface area contributed by atoms with Crippen LogP contribution in [0.25, 0.3) is 0 Å². The van der Waals surface area contributed by atoms with Crippen molar-refractivity contribution in [2.24, 2.45) is 4.99 Å². The molecule has 6 heteroatoms. The number of aliphatic imine (C=N–C) groups is 1. The lowest BCUT2D eigenvalue weighted by atomic mass is 10.1. The van der Waals surface area contributed by atoms with Crippen LogP contribution in [0.3, 0.4) is 0 Å². The molecule has 0 radical (unpaired) electrons. The van der Waals surface area contributed by atoms with Gasteiger partial charge in [0.1, 0.15) is 11.7 Å². The van der Waals surface area contributed by atoms with E-state index < -0.39 is 23.5 Å². The van der Waals surface area contributed by atoms with Crippen molar-refractivity contribution >= 4 is 5.84 Å². The van der Waals surface area contributed by atoms with Crippen LogP contribution < -0.4 is 0 Å². The van der Waals surface area contributed by atoms with Gasteiger partial charge in [-0.1, -0.05) is 6.92 Å². The molecule has 0 aliphatic carbocycles. The summed E-state index contributed by atoms with van der Waals surface area (Å²) in [5, 5.41) is 8.56. The van der Waals surface area contributed by atoms with Gasteiger partial charge in [-0.3, -0.25) is 0 Å². The van der Waals surface area contributed by atoms with Crippen molar-refractivity contribution in [2.75, 3.05) is 7.05 Å². The van der Waals surface area contributed by atoms with Gasteiger partial charge >= 0.3 is 0 Å². The molecule has 0 fully saturated rings. The molecule has 0 bridgehead atoms. The summed E-state index contributed by atoms with van der Waals surface area (Å²) < 4.78 is 39.7. The topological polar surface area (TPSA) is 39.4 Å². The zero-order valence-corrected chi connectivity index (χ0v) is 10.9. The molecular formula is C13H14F3N3. The normalized spacial score (nSPS) is 13.0. The maximum Gasteiger partial charge on any atom is 0.207 e. The molecular weight excluding hydrogens is 255 g/mol. The van der Waals surface area contributed by atoms with Crippen LogP contribution in [-0.4, -0.2) is 17.8 Å². The van der Waals surface area contributed by atoms with Crippen LogP contribution in [0.4, 0.5) is 13.2 Å². The lowest BCUT2D eigenvalue weighted by molar-refractivity contribution is 0.377. The van der Waals surface area contributed by atoms with Crippen LogP contribution in [0.1, 0.15) is 31.9 Å². The largest absolute Gasteiger partial charge is 0.356 e. The van der Waals surface area contributed by atoms with Gasteiger partial charge in [-0.15, -0.1) is 0 Å². The summed E-state index contributed by atoms with van der Waals surface area (Å²) in [6, 6.07) is 0.773. The molecule has 3 nitrogen and oxygen atoms in total. The molecule has 0 spiro atoms. The van der Waals surface area contributed by atoms with Crippen LogP contribution in [0.5, 0.6) is 0 Å². The SMILES string of the molecule is CCC(=NC#N)N(C)C(C)c1cc(F)c(F)cc1F. The van der Waals surface area contributed by atoms with Gasteiger partial charge in [-0.05, 0) is 13.0 Å². The lowest BCUT2D eigenvalue weighted by Crippen LogP contribution is -2.29. The maximum absolute atomic E-state index is 13.7. The first-order chi connectivity index (χ1) is 8.92. The fourth-order valence-corrected chi connectivity index (χ4v) is 1.76. The summed E-state index contributed by atoms with van der Waals surface area (Å²) in [4.78, 5) is 5.17. The molecule has 1 rings (SSSR count). The predicted octanol–water partition coefficient (Wildman–Crippen LogP) is 3.39. The Morgan fingerprint density at radius 2 is 1.89 bits per heavy atom. The third kappa shape index (κ3) is 3.25. The van der Waals surface area contributed by atoms with Crippen molar-refractivity contribution in [2.45, 2.75) is 26.3 Å². The molecule has 0 aromatic heterocycles. The van der Waals surface area contributed by atoms with Crippen molar-refractivity contribution in [1.29, 1.82) is 5.26 Å². The molecule has 0 aliphatic heterocycles. The fourth-order valence-electron chi connectivity index (χ4n) is 1.76. The summed E-state index contributed by atoms with van der Waals surface area (Å²) in [5.41, 5.74) is 0.0143. The smallest absolute Gasteiger partial charge is 0.207 e. The van der Waals surface area contributed by atoms with E-state index in [0.717, 1.165) is 6.07 Å². The van der Waals surface area contributed by atoms with E-state index in [1.165, 1.54) is 0 Å². The van der Waals surface area contributed by atoms with Gasteiger partial charge in [0.05, 0.1) is 6.04 Å². The Morgan fingerprint density at radius 1 is 1.32 bits per heavy atom. The van der Waals surface area contributed by atoms with Gasteiger partial charge in [0.15, 0.2) is 11.6 Å². The zero-order chi connectivity index (χ0) is 14.6. The van der Waals surface area contributed by atoms with Crippen LogP contribution >= 0.6 is 0 Å². The van der Waals surface area contributed by atoms with Gasteiger partial charge in [-0.2, -0.15) is 10.3 Å². The average Bonchev–Trinajstić information content (AvgIpc) is 2.38. The zero-order valence-electron chi connectivity index (χ0n) is 10.9. The Labute approximate surface area is 110 Å². The van der Waals surface area contributed by atoms with E-state index in [-0.39, 0.29) is 5.56 Å². The van der Waals surface area contributed by atoms with Crippen LogP contribution in [0.2, 0.25) is 0 Å². The number of rotatable bonds is 3. The predicted molar refractivity (Wildman–Crippen MR) is 65.8 cm³/mol. The Bertz CT molecular complexity index is 535. The number of amidine groups is 1. The molecule has 1 unspecified atom stereocenters. The number of halogens is 3. The van der Waals surface area contributed by atoms with Gasteiger partial charge in [-0.25, -0.2) is 13.2 Å². The molecule has 0 aliphatic rings. The Balaban J connectivity index is 3.13. The quantitative estimate of drug-likeness (QED) is 0.365. The number of nitrogens with zero attached hydrogens (tertiary/aromatic N) is 3. The van der Waals surface area contributed by atoms with Gasteiger partial charge < -0.3 is 4.90 Å². The van der Waals surface area contributed by atoms with E-state index in [1.807, 2.05) is 0 Å². The third-order valence-corrected chi connectivity index (χ3v) is 2.97. The minimum Gasteiger partial charge on any atom is -0.356 e.